The lowest BCUT2D eigenvalue weighted by Gasteiger charge is -2.15. The molecule has 0 radical (unpaired) electrons. The summed E-state index contributed by atoms with van der Waals surface area (Å²) in [6.07, 6.45) is 0.359. The van der Waals surface area contributed by atoms with Crippen molar-refractivity contribution < 1.29 is 18.4 Å². The van der Waals surface area contributed by atoms with Crippen molar-refractivity contribution in [3.63, 3.8) is 0 Å². The molecule has 0 amide bonds. The SMILES string of the molecule is CCOP(=O)(CC[SiH2]O)OCC. The van der Waals surface area contributed by atoms with Crippen LogP contribution in [0.25, 0.3) is 0 Å². The standard InChI is InChI=1S/C6H17O4PSi/c1-3-9-11(7,10-4-2)5-6-12-8/h8H,3-6,12H2,1-2H3. The van der Waals surface area contributed by atoms with E-state index < -0.39 is 17.4 Å². The molecule has 0 aromatic heterocycles. The summed E-state index contributed by atoms with van der Waals surface area (Å²) in [6, 6.07) is 0.595. The first-order chi connectivity index (χ1) is 5.68. The highest BCUT2D eigenvalue weighted by molar-refractivity contribution is 7.53. The molecule has 0 bridgehead atoms. The lowest BCUT2D eigenvalue weighted by molar-refractivity contribution is 0.221. The fourth-order valence-corrected chi connectivity index (χ4v) is 4.06. The van der Waals surface area contributed by atoms with Crippen LogP contribution < -0.4 is 0 Å². The van der Waals surface area contributed by atoms with Crippen LogP contribution in [-0.4, -0.2) is 33.9 Å². The van der Waals surface area contributed by atoms with Crippen molar-refractivity contribution in [3.8, 4) is 0 Å². The topological polar surface area (TPSA) is 55.8 Å². The van der Waals surface area contributed by atoms with Gasteiger partial charge in [-0.15, -0.1) is 0 Å². The van der Waals surface area contributed by atoms with Crippen molar-refractivity contribution in [2.75, 3.05) is 19.4 Å². The first kappa shape index (κ1) is 12.3. The average molecular weight is 212 g/mol. The zero-order chi connectivity index (χ0) is 9.45. The number of rotatable bonds is 7. The van der Waals surface area contributed by atoms with E-state index in [2.05, 4.69) is 0 Å². The molecule has 0 fully saturated rings. The summed E-state index contributed by atoms with van der Waals surface area (Å²) < 4.78 is 21.7. The Morgan fingerprint density at radius 1 is 1.33 bits per heavy atom. The molecule has 0 unspecified atom stereocenters. The zero-order valence-corrected chi connectivity index (χ0v) is 9.96. The van der Waals surface area contributed by atoms with Gasteiger partial charge >= 0.3 is 7.60 Å². The Labute approximate surface area is 75.7 Å². The molecule has 0 atom stereocenters. The molecule has 0 aliphatic carbocycles. The molecule has 1 N–H and O–H groups in total. The molecule has 0 aromatic rings. The van der Waals surface area contributed by atoms with Crippen LogP contribution in [0.5, 0.6) is 0 Å². The predicted octanol–water partition coefficient (Wildman–Crippen LogP) is 0.747. The molecular weight excluding hydrogens is 195 g/mol. The van der Waals surface area contributed by atoms with Crippen LogP contribution in [0.4, 0.5) is 0 Å². The molecule has 0 rings (SSSR count). The van der Waals surface area contributed by atoms with Gasteiger partial charge in [0.1, 0.15) is 0 Å². The van der Waals surface area contributed by atoms with Crippen LogP contribution >= 0.6 is 7.60 Å². The Morgan fingerprint density at radius 3 is 2.17 bits per heavy atom. The third-order valence-electron chi connectivity index (χ3n) is 1.24. The fourth-order valence-electron chi connectivity index (χ4n) is 0.824. The quantitative estimate of drug-likeness (QED) is 0.499. The van der Waals surface area contributed by atoms with Crippen molar-refractivity contribution in [3.05, 3.63) is 0 Å². The molecule has 12 heavy (non-hydrogen) atoms. The van der Waals surface area contributed by atoms with E-state index in [0.717, 1.165) is 0 Å². The highest BCUT2D eigenvalue weighted by atomic mass is 31.2. The second kappa shape index (κ2) is 6.80. The largest absolute Gasteiger partial charge is 0.438 e. The molecule has 6 heteroatoms. The monoisotopic (exact) mass is 212 g/mol. The molecule has 0 spiro atoms. The summed E-state index contributed by atoms with van der Waals surface area (Å²) >= 11 is 0. The van der Waals surface area contributed by atoms with Gasteiger partial charge in [-0.25, -0.2) is 0 Å². The molecule has 0 saturated heterocycles. The van der Waals surface area contributed by atoms with Crippen molar-refractivity contribution in [2.24, 2.45) is 0 Å². The fraction of sp³-hybridized carbons (Fsp3) is 1.00. The van der Waals surface area contributed by atoms with E-state index in [0.29, 0.717) is 25.4 Å². The lowest BCUT2D eigenvalue weighted by atomic mass is 10.9. The third kappa shape index (κ3) is 5.06. The minimum absolute atomic E-state index is 0.359. The highest BCUT2D eigenvalue weighted by Crippen LogP contribution is 2.48. The van der Waals surface area contributed by atoms with Crippen molar-refractivity contribution >= 4 is 17.4 Å². The van der Waals surface area contributed by atoms with E-state index in [4.69, 9.17) is 13.8 Å². The van der Waals surface area contributed by atoms with Crippen molar-refractivity contribution in [1.82, 2.24) is 0 Å². The summed E-state index contributed by atoms with van der Waals surface area (Å²) in [7, 11) is -3.89. The Kier molecular flexibility index (Phi) is 6.99. The Balaban J connectivity index is 3.90. The van der Waals surface area contributed by atoms with Crippen LogP contribution in [0, 0.1) is 0 Å². The summed E-state index contributed by atoms with van der Waals surface area (Å²) in [4.78, 5) is 8.67. The molecule has 74 valence electrons. The number of hydrogen-bond donors (Lipinski definition) is 1. The Hall–Kier alpha value is 0.327. The summed E-state index contributed by atoms with van der Waals surface area (Å²) in [5.74, 6) is 0. The van der Waals surface area contributed by atoms with Gasteiger partial charge in [-0.3, -0.25) is 4.57 Å². The average Bonchev–Trinajstić information content (AvgIpc) is 2.02. The third-order valence-corrected chi connectivity index (χ3v) is 4.67. The van der Waals surface area contributed by atoms with E-state index in [9.17, 15) is 4.57 Å². The molecule has 0 aromatic carbocycles. The predicted molar refractivity (Wildman–Crippen MR) is 51.3 cm³/mol. The van der Waals surface area contributed by atoms with E-state index >= 15 is 0 Å². The van der Waals surface area contributed by atoms with Gasteiger partial charge < -0.3 is 13.8 Å². The minimum atomic E-state index is -2.86. The second-order valence-corrected chi connectivity index (χ2v) is 5.59. The summed E-state index contributed by atoms with van der Waals surface area (Å²) in [6.45, 7) is 4.35. The van der Waals surface area contributed by atoms with Crippen molar-refractivity contribution in [1.29, 1.82) is 0 Å². The van der Waals surface area contributed by atoms with Gasteiger partial charge in [0.15, 0.2) is 9.76 Å². The van der Waals surface area contributed by atoms with Crippen molar-refractivity contribution in [2.45, 2.75) is 19.9 Å². The maximum atomic E-state index is 11.6. The highest BCUT2D eigenvalue weighted by Gasteiger charge is 2.22. The molecule has 0 saturated carbocycles. The van der Waals surface area contributed by atoms with Crippen LogP contribution in [0.3, 0.4) is 0 Å². The van der Waals surface area contributed by atoms with Crippen LogP contribution in [0.1, 0.15) is 13.8 Å². The van der Waals surface area contributed by atoms with Gasteiger partial charge in [0.2, 0.25) is 0 Å². The van der Waals surface area contributed by atoms with E-state index in [1.165, 1.54) is 0 Å². The normalized spacial score (nSPS) is 12.9. The Morgan fingerprint density at radius 2 is 1.83 bits per heavy atom. The zero-order valence-electron chi connectivity index (χ0n) is 7.65. The molecule has 0 heterocycles. The van der Waals surface area contributed by atoms with Crippen LogP contribution in [-0.2, 0) is 13.6 Å². The molecule has 4 nitrogen and oxygen atoms in total. The van der Waals surface area contributed by atoms with E-state index in [-0.39, 0.29) is 0 Å². The summed E-state index contributed by atoms with van der Waals surface area (Å²) in [5.41, 5.74) is 0. The van der Waals surface area contributed by atoms with Gasteiger partial charge in [0, 0.05) is 6.16 Å². The van der Waals surface area contributed by atoms with E-state index in [1.807, 2.05) is 0 Å². The molecular formula is C6H17O4PSi. The second-order valence-electron chi connectivity index (χ2n) is 2.25. The van der Waals surface area contributed by atoms with Gasteiger partial charge in [-0.1, -0.05) is 0 Å². The maximum absolute atomic E-state index is 11.6. The molecule has 0 aliphatic heterocycles. The molecule has 0 aliphatic rings. The summed E-state index contributed by atoms with van der Waals surface area (Å²) in [5, 5.41) is 0. The maximum Gasteiger partial charge on any atom is 0.330 e. The minimum Gasteiger partial charge on any atom is -0.438 e. The Bertz CT molecular complexity index is 142. The first-order valence-corrected chi connectivity index (χ1v) is 7.53. The van der Waals surface area contributed by atoms with E-state index in [1.54, 1.807) is 13.8 Å². The van der Waals surface area contributed by atoms with Crippen LogP contribution in [0.2, 0.25) is 6.04 Å². The first-order valence-electron chi connectivity index (χ1n) is 4.17. The van der Waals surface area contributed by atoms with Crippen LogP contribution in [0.15, 0.2) is 0 Å². The van der Waals surface area contributed by atoms with Gasteiger partial charge in [0.05, 0.1) is 13.2 Å². The lowest BCUT2D eigenvalue weighted by Crippen LogP contribution is -2.02. The number of hydrogen-bond acceptors (Lipinski definition) is 4. The van der Waals surface area contributed by atoms with Gasteiger partial charge in [-0.05, 0) is 19.9 Å². The van der Waals surface area contributed by atoms with Gasteiger partial charge in [-0.2, -0.15) is 0 Å². The van der Waals surface area contributed by atoms with Gasteiger partial charge in [0.25, 0.3) is 0 Å². The smallest absolute Gasteiger partial charge is 0.330 e.